The highest BCUT2D eigenvalue weighted by Gasteiger charge is 2.23. The quantitative estimate of drug-likeness (QED) is 0.134. The second-order valence-electron chi connectivity index (χ2n) is 11.3. The number of benzene rings is 10. The van der Waals surface area contributed by atoms with Crippen molar-refractivity contribution in [3.05, 3.63) is 181 Å². The standard InChI is InChI=1S/C50H30O/c1-2-13-31(14-3-1)36-29-30-44(48-45-28-26-33-16-5-7-18-35(33)49(45)51-50(36)48)47-42-21-10-8-19-40(42)46(41-20-9-11-22-43(41)47)39-24-12-23-37-34-17-6-4-15-32(34)25-27-38(37)39/h1-30H/i1D,2D,3D,4D,5D,6D,7D,8D,9D,10D,11D,12D,13D,14D,15D,16D,17D,18D,19D,20D,21D,22D,23D,24D,25D,26D,27D,28D,29D,30D. The molecular weight excluding hydrogens is 617 g/mol. The molecule has 51 heavy (non-hydrogen) atoms. The van der Waals surface area contributed by atoms with E-state index in [2.05, 4.69) is 0 Å². The summed E-state index contributed by atoms with van der Waals surface area (Å²) in [6.45, 7) is 0. The van der Waals surface area contributed by atoms with Crippen molar-refractivity contribution in [3.63, 3.8) is 0 Å². The van der Waals surface area contributed by atoms with Gasteiger partial charge in [-0.15, -0.1) is 0 Å². The average Bonchev–Trinajstić information content (AvgIpc) is 2.45. The molecule has 0 aliphatic carbocycles. The fourth-order valence-corrected chi connectivity index (χ4v) is 6.58. The molecule has 0 saturated heterocycles. The van der Waals surface area contributed by atoms with Crippen LogP contribution < -0.4 is 0 Å². The van der Waals surface area contributed by atoms with E-state index < -0.39 is 290 Å². The van der Waals surface area contributed by atoms with Gasteiger partial charge >= 0.3 is 0 Å². The van der Waals surface area contributed by atoms with Crippen molar-refractivity contribution in [3.8, 4) is 33.4 Å². The lowest BCUT2D eigenvalue weighted by Crippen LogP contribution is -1.92. The monoisotopic (exact) mass is 676 g/mol. The van der Waals surface area contributed by atoms with Gasteiger partial charge in [0.25, 0.3) is 0 Å². The Labute approximate surface area is 336 Å². The van der Waals surface area contributed by atoms with E-state index in [1.165, 1.54) is 0 Å². The van der Waals surface area contributed by atoms with Gasteiger partial charge < -0.3 is 4.42 Å². The van der Waals surface area contributed by atoms with Gasteiger partial charge in [-0.05, 0) is 88.4 Å². The van der Waals surface area contributed by atoms with Crippen molar-refractivity contribution >= 4 is 75.8 Å². The Bertz CT molecular complexity index is 4820. The minimum absolute atomic E-state index is 0.575. The molecule has 1 aromatic heterocycles. The lowest BCUT2D eigenvalue weighted by molar-refractivity contribution is 0.674. The smallest absolute Gasteiger partial charge is 0.143 e. The van der Waals surface area contributed by atoms with Crippen LogP contribution in [0.5, 0.6) is 0 Å². The molecule has 0 fully saturated rings. The highest BCUT2D eigenvalue weighted by atomic mass is 16.3. The summed E-state index contributed by atoms with van der Waals surface area (Å²) in [5, 5.41) is -8.25. The molecule has 0 spiro atoms. The Morgan fingerprint density at radius 1 is 0.294 bits per heavy atom. The number of fused-ring (bicyclic) bond motifs is 10. The second kappa shape index (κ2) is 10.9. The molecule has 11 rings (SSSR count). The van der Waals surface area contributed by atoms with Crippen LogP contribution >= 0.6 is 0 Å². The number of rotatable bonds is 3. The molecule has 0 aliphatic heterocycles. The highest BCUT2D eigenvalue weighted by molar-refractivity contribution is 6.29. The summed E-state index contributed by atoms with van der Waals surface area (Å²) < 4.78 is 280. The van der Waals surface area contributed by atoms with Crippen LogP contribution in [0.4, 0.5) is 0 Å². The fourth-order valence-electron chi connectivity index (χ4n) is 6.58. The Balaban J connectivity index is 1.53. The van der Waals surface area contributed by atoms with E-state index >= 15 is 0 Å². The third-order valence-electron chi connectivity index (χ3n) is 8.67. The van der Waals surface area contributed by atoms with Gasteiger partial charge in [-0.25, -0.2) is 0 Å². The first-order chi connectivity index (χ1) is 37.8. The zero-order valence-corrected chi connectivity index (χ0v) is 25.4. The Kier molecular flexibility index (Phi) is 2.50. The van der Waals surface area contributed by atoms with Crippen molar-refractivity contribution in [1.82, 2.24) is 0 Å². The molecule has 0 amide bonds. The van der Waals surface area contributed by atoms with Gasteiger partial charge in [0, 0.05) is 21.7 Å². The molecule has 0 aliphatic rings. The number of hydrogen-bond acceptors (Lipinski definition) is 1. The first-order valence-electron chi connectivity index (χ1n) is 30.2. The van der Waals surface area contributed by atoms with Crippen molar-refractivity contribution in [1.29, 1.82) is 0 Å². The zero-order valence-electron chi connectivity index (χ0n) is 55.4. The van der Waals surface area contributed by atoms with Gasteiger partial charge in [-0.1, -0.05) is 169 Å². The van der Waals surface area contributed by atoms with Crippen LogP contribution in [0.15, 0.2) is 186 Å². The van der Waals surface area contributed by atoms with Crippen molar-refractivity contribution in [2.75, 3.05) is 0 Å². The maximum Gasteiger partial charge on any atom is 0.143 e. The summed E-state index contributed by atoms with van der Waals surface area (Å²) in [5.41, 5.74) is -6.22. The number of hydrogen-bond donors (Lipinski definition) is 0. The van der Waals surface area contributed by atoms with E-state index in [1.807, 2.05) is 0 Å². The van der Waals surface area contributed by atoms with E-state index in [4.69, 9.17) is 27.7 Å². The molecule has 0 bridgehead atoms. The van der Waals surface area contributed by atoms with E-state index in [0.29, 0.717) is 0 Å². The molecule has 0 unspecified atom stereocenters. The van der Waals surface area contributed by atoms with Crippen LogP contribution in [0.1, 0.15) is 41.1 Å². The SMILES string of the molecule is [2H]c1c([2H])c([2H])c(-c2c([2H])c([2H])c(-c3c4c([2H])c([2H])c([2H])c([2H])c4c(-c4c([2H])c([2H])c([2H])c5c4c([2H])c([2H])c4c([2H])c([2H])c([2H])c([2H])c45)c4c([2H])c([2H])c([2H])c([2H])c34)c3c2oc2c4c([2H])c([2H])c([2H])c([2H])c4c([2H])c([2H])c23)c([2H])c1[2H]. The molecule has 1 heterocycles. The molecule has 10 aromatic carbocycles. The van der Waals surface area contributed by atoms with Gasteiger partial charge in [0.2, 0.25) is 0 Å². The van der Waals surface area contributed by atoms with Crippen LogP contribution in [0, 0.1) is 0 Å². The Hall–Kier alpha value is -6.70. The molecule has 0 atom stereocenters. The van der Waals surface area contributed by atoms with Gasteiger partial charge in [0.1, 0.15) is 11.2 Å². The fraction of sp³-hybridized carbons (Fsp3) is 0. The summed E-state index contributed by atoms with van der Waals surface area (Å²) in [6.07, 6.45) is 0. The van der Waals surface area contributed by atoms with E-state index in [0.717, 1.165) is 0 Å². The summed E-state index contributed by atoms with van der Waals surface area (Å²) in [5.74, 6) is 0. The predicted molar refractivity (Wildman–Crippen MR) is 218 cm³/mol. The maximum atomic E-state index is 10.1. The molecule has 11 aromatic rings. The summed E-state index contributed by atoms with van der Waals surface area (Å²) >= 11 is 0. The average molecular weight is 677 g/mol. The molecule has 1 nitrogen and oxygen atoms in total. The third kappa shape index (κ3) is 4.09. The van der Waals surface area contributed by atoms with Crippen LogP contribution in [-0.2, 0) is 0 Å². The van der Waals surface area contributed by atoms with E-state index in [1.54, 1.807) is 0 Å². The third-order valence-corrected chi connectivity index (χ3v) is 8.67. The van der Waals surface area contributed by atoms with Gasteiger partial charge in [-0.2, -0.15) is 0 Å². The van der Waals surface area contributed by atoms with E-state index in [-0.39, 0.29) is 0 Å². The molecule has 0 N–H and O–H groups in total. The molecular formula is C50H30O. The minimum Gasteiger partial charge on any atom is -0.455 e. The van der Waals surface area contributed by atoms with Crippen LogP contribution in [0.2, 0.25) is 0 Å². The topological polar surface area (TPSA) is 13.1 Å². The normalized spacial score (nSPS) is 20.2. The molecule has 236 valence electrons. The van der Waals surface area contributed by atoms with Crippen LogP contribution in [-0.4, -0.2) is 0 Å². The van der Waals surface area contributed by atoms with E-state index in [9.17, 15) is 17.8 Å². The predicted octanol–water partition coefficient (Wildman–Crippen LogP) is 14.4. The van der Waals surface area contributed by atoms with Crippen LogP contribution in [0.25, 0.3) is 109 Å². The maximum absolute atomic E-state index is 10.1. The number of furan rings is 1. The first-order valence-corrected chi connectivity index (χ1v) is 15.2. The molecule has 1 heteroatoms. The minimum atomic E-state index is -1.12. The summed E-state index contributed by atoms with van der Waals surface area (Å²) in [4.78, 5) is 0. The highest BCUT2D eigenvalue weighted by Crippen LogP contribution is 2.50. The summed E-state index contributed by atoms with van der Waals surface area (Å²) in [7, 11) is 0. The summed E-state index contributed by atoms with van der Waals surface area (Å²) in [6, 6.07) is -28.9. The Morgan fingerprint density at radius 3 is 1.49 bits per heavy atom. The first kappa shape index (κ1) is 11.7. The van der Waals surface area contributed by atoms with Gasteiger partial charge in [-0.3, -0.25) is 0 Å². The molecule has 0 saturated carbocycles. The van der Waals surface area contributed by atoms with Gasteiger partial charge in [0.05, 0.1) is 41.1 Å². The van der Waals surface area contributed by atoms with Crippen molar-refractivity contribution in [2.24, 2.45) is 0 Å². The molecule has 0 radical (unpaired) electrons. The lowest BCUT2D eigenvalue weighted by Gasteiger charge is -2.20. The second-order valence-corrected chi connectivity index (χ2v) is 11.3. The largest absolute Gasteiger partial charge is 0.455 e. The van der Waals surface area contributed by atoms with Crippen molar-refractivity contribution < 1.29 is 45.5 Å². The van der Waals surface area contributed by atoms with Gasteiger partial charge in [0.15, 0.2) is 0 Å². The Morgan fingerprint density at radius 2 is 0.804 bits per heavy atom. The van der Waals surface area contributed by atoms with Crippen molar-refractivity contribution in [2.45, 2.75) is 0 Å². The van der Waals surface area contributed by atoms with Crippen LogP contribution in [0.3, 0.4) is 0 Å². The lowest BCUT2D eigenvalue weighted by atomic mass is 9.83. The zero-order chi connectivity index (χ0) is 59.6.